The molecule has 2 heteroatoms. The SMILES string of the molecule is CCCCCCCCCCCC[N+]([O-])(CCC)CCC. The smallest absolute Gasteiger partial charge is 0.0783 e. The highest BCUT2D eigenvalue weighted by Gasteiger charge is 2.13. The Kier molecular flexibility index (Phi) is 13.8. The minimum absolute atomic E-state index is 0.0595. The van der Waals surface area contributed by atoms with Crippen LogP contribution in [-0.4, -0.2) is 24.3 Å². The van der Waals surface area contributed by atoms with Crippen LogP contribution in [0.3, 0.4) is 0 Å². The second-order valence-corrected chi connectivity index (χ2v) is 6.41. The van der Waals surface area contributed by atoms with Gasteiger partial charge in [-0.15, -0.1) is 0 Å². The van der Waals surface area contributed by atoms with E-state index in [0.29, 0.717) is 0 Å². The van der Waals surface area contributed by atoms with Crippen LogP contribution in [0.2, 0.25) is 0 Å². The van der Waals surface area contributed by atoms with Gasteiger partial charge in [0.25, 0.3) is 0 Å². The third-order valence-electron chi connectivity index (χ3n) is 4.18. The summed E-state index contributed by atoms with van der Waals surface area (Å²) in [5, 5.41) is 12.5. The number of quaternary nitrogens is 1. The van der Waals surface area contributed by atoms with E-state index in [2.05, 4.69) is 20.8 Å². The predicted octanol–water partition coefficient (Wildman–Crippen LogP) is 6.04. The van der Waals surface area contributed by atoms with E-state index in [-0.39, 0.29) is 4.65 Å². The molecular weight excluding hydrogens is 246 g/mol. The van der Waals surface area contributed by atoms with Crippen molar-refractivity contribution in [1.82, 2.24) is 0 Å². The van der Waals surface area contributed by atoms with Crippen LogP contribution in [-0.2, 0) is 0 Å². The first-order valence-corrected chi connectivity index (χ1v) is 9.25. The van der Waals surface area contributed by atoms with Gasteiger partial charge in [-0.05, 0) is 25.7 Å². The first kappa shape index (κ1) is 19.9. The molecule has 0 aliphatic rings. The molecule has 20 heavy (non-hydrogen) atoms. The van der Waals surface area contributed by atoms with E-state index in [1.54, 1.807) is 0 Å². The Balaban J connectivity index is 3.41. The highest BCUT2D eigenvalue weighted by atomic mass is 16.5. The normalized spacial score (nSPS) is 12.0. The van der Waals surface area contributed by atoms with Crippen LogP contribution in [0.15, 0.2) is 0 Å². The minimum Gasteiger partial charge on any atom is -0.633 e. The minimum atomic E-state index is 0.0595. The van der Waals surface area contributed by atoms with Crippen LogP contribution in [0.4, 0.5) is 0 Å². The van der Waals surface area contributed by atoms with Crippen molar-refractivity contribution in [3.05, 3.63) is 5.21 Å². The van der Waals surface area contributed by atoms with E-state index in [0.717, 1.165) is 38.9 Å². The molecule has 0 spiro atoms. The highest BCUT2D eigenvalue weighted by Crippen LogP contribution is 2.14. The molecule has 0 heterocycles. The van der Waals surface area contributed by atoms with Gasteiger partial charge < -0.3 is 9.85 Å². The lowest BCUT2D eigenvalue weighted by Gasteiger charge is -2.42. The Morgan fingerprint density at radius 1 is 0.500 bits per heavy atom. The molecule has 0 aromatic heterocycles. The lowest BCUT2D eigenvalue weighted by atomic mass is 10.1. The molecule has 0 N–H and O–H groups in total. The van der Waals surface area contributed by atoms with Crippen molar-refractivity contribution in [2.75, 3.05) is 19.6 Å². The van der Waals surface area contributed by atoms with Gasteiger partial charge in [0.2, 0.25) is 0 Å². The molecule has 0 aliphatic heterocycles. The van der Waals surface area contributed by atoms with Crippen molar-refractivity contribution in [3.63, 3.8) is 0 Å². The summed E-state index contributed by atoms with van der Waals surface area (Å²) < 4.78 is 0.0595. The van der Waals surface area contributed by atoms with Crippen molar-refractivity contribution >= 4 is 0 Å². The zero-order valence-electron chi connectivity index (χ0n) is 14.5. The van der Waals surface area contributed by atoms with Crippen LogP contribution >= 0.6 is 0 Å². The van der Waals surface area contributed by atoms with Gasteiger partial charge in [-0.2, -0.15) is 0 Å². The maximum Gasteiger partial charge on any atom is 0.0783 e. The van der Waals surface area contributed by atoms with E-state index in [1.165, 1.54) is 57.8 Å². The van der Waals surface area contributed by atoms with Crippen molar-refractivity contribution in [3.8, 4) is 0 Å². The molecule has 0 aliphatic carbocycles. The molecule has 0 bridgehead atoms. The van der Waals surface area contributed by atoms with Gasteiger partial charge in [0.15, 0.2) is 0 Å². The van der Waals surface area contributed by atoms with E-state index in [9.17, 15) is 5.21 Å². The molecular formula is C18H39NO. The van der Waals surface area contributed by atoms with Crippen molar-refractivity contribution in [2.24, 2.45) is 0 Å². The van der Waals surface area contributed by atoms with Gasteiger partial charge >= 0.3 is 0 Å². The fourth-order valence-corrected chi connectivity index (χ4v) is 3.04. The maximum atomic E-state index is 12.5. The summed E-state index contributed by atoms with van der Waals surface area (Å²) in [7, 11) is 0. The molecule has 0 aromatic carbocycles. The quantitative estimate of drug-likeness (QED) is 0.204. The second kappa shape index (κ2) is 13.9. The van der Waals surface area contributed by atoms with Crippen LogP contribution in [0.5, 0.6) is 0 Å². The summed E-state index contributed by atoms with van der Waals surface area (Å²) >= 11 is 0. The monoisotopic (exact) mass is 285 g/mol. The summed E-state index contributed by atoms with van der Waals surface area (Å²) in [5.41, 5.74) is 0. The predicted molar refractivity (Wildman–Crippen MR) is 90.7 cm³/mol. The van der Waals surface area contributed by atoms with Gasteiger partial charge in [-0.1, -0.05) is 72.1 Å². The van der Waals surface area contributed by atoms with Crippen LogP contribution in [0, 0.1) is 5.21 Å². The largest absolute Gasteiger partial charge is 0.633 e. The number of unbranched alkanes of at least 4 members (excludes halogenated alkanes) is 9. The molecule has 0 saturated carbocycles. The van der Waals surface area contributed by atoms with Crippen LogP contribution in [0.25, 0.3) is 0 Å². The van der Waals surface area contributed by atoms with Crippen LogP contribution in [0.1, 0.15) is 97.8 Å². The van der Waals surface area contributed by atoms with E-state index in [4.69, 9.17) is 0 Å². The molecule has 0 saturated heterocycles. The summed E-state index contributed by atoms with van der Waals surface area (Å²) in [6, 6.07) is 0. The number of hydrogen-bond acceptors (Lipinski definition) is 1. The van der Waals surface area contributed by atoms with E-state index >= 15 is 0 Å². The fraction of sp³-hybridized carbons (Fsp3) is 1.00. The van der Waals surface area contributed by atoms with Crippen LogP contribution < -0.4 is 0 Å². The third-order valence-corrected chi connectivity index (χ3v) is 4.18. The van der Waals surface area contributed by atoms with E-state index < -0.39 is 0 Å². The number of rotatable bonds is 15. The summed E-state index contributed by atoms with van der Waals surface area (Å²) in [4.78, 5) is 0. The van der Waals surface area contributed by atoms with Gasteiger partial charge in [0.1, 0.15) is 0 Å². The zero-order valence-corrected chi connectivity index (χ0v) is 14.5. The molecule has 0 amide bonds. The first-order chi connectivity index (χ1) is 9.68. The summed E-state index contributed by atoms with van der Waals surface area (Å²) in [6.45, 7) is 8.98. The first-order valence-electron chi connectivity index (χ1n) is 9.25. The highest BCUT2D eigenvalue weighted by molar-refractivity contribution is 4.49. The molecule has 0 atom stereocenters. The average Bonchev–Trinajstić information content (AvgIpc) is 2.41. The molecule has 0 aromatic rings. The Morgan fingerprint density at radius 3 is 1.30 bits per heavy atom. The van der Waals surface area contributed by atoms with E-state index in [1.807, 2.05) is 0 Å². The van der Waals surface area contributed by atoms with Crippen molar-refractivity contribution in [1.29, 1.82) is 0 Å². The van der Waals surface area contributed by atoms with Gasteiger partial charge in [-0.3, -0.25) is 0 Å². The molecule has 0 radical (unpaired) electrons. The Bertz CT molecular complexity index is 188. The Hall–Kier alpha value is -0.0800. The topological polar surface area (TPSA) is 23.1 Å². The average molecular weight is 286 g/mol. The third kappa shape index (κ3) is 11.7. The molecule has 0 rings (SSSR count). The molecule has 122 valence electrons. The van der Waals surface area contributed by atoms with Gasteiger partial charge in [0, 0.05) is 0 Å². The Morgan fingerprint density at radius 2 is 0.900 bits per heavy atom. The molecule has 0 fully saturated rings. The summed E-state index contributed by atoms with van der Waals surface area (Å²) in [5.74, 6) is 0. The molecule has 0 unspecified atom stereocenters. The fourth-order valence-electron chi connectivity index (χ4n) is 3.04. The lowest BCUT2D eigenvalue weighted by molar-refractivity contribution is -0.881. The number of nitrogens with zero attached hydrogens (tertiary/aromatic N) is 1. The van der Waals surface area contributed by atoms with Gasteiger partial charge in [-0.25, -0.2) is 0 Å². The number of hydroxylamine groups is 3. The number of hydrogen-bond donors (Lipinski definition) is 0. The standard InChI is InChI=1S/C18H39NO/c1-4-7-8-9-10-11-12-13-14-15-18-19(20,16-5-2)17-6-3/h4-18H2,1-3H3. The lowest BCUT2D eigenvalue weighted by Crippen LogP contribution is -2.44. The summed E-state index contributed by atoms with van der Waals surface area (Å²) in [6.07, 6.45) is 15.5. The maximum absolute atomic E-state index is 12.5. The zero-order chi connectivity index (χ0) is 15.1. The van der Waals surface area contributed by atoms with Gasteiger partial charge in [0.05, 0.1) is 19.6 Å². The van der Waals surface area contributed by atoms with Crippen molar-refractivity contribution in [2.45, 2.75) is 97.8 Å². The second-order valence-electron chi connectivity index (χ2n) is 6.41. The van der Waals surface area contributed by atoms with Crippen molar-refractivity contribution < 1.29 is 4.65 Å². The molecule has 2 nitrogen and oxygen atoms in total. The Labute approximate surface area is 128 Å².